The Morgan fingerprint density at radius 2 is 1.54 bits per heavy atom. The van der Waals surface area contributed by atoms with Crippen LogP contribution >= 0.6 is 0 Å². The van der Waals surface area contributed by atoms with Crippen LogP contribution in [0.15, 0.2) is 42.5 Å². The van der Waals surface area contributed by atoms with Gasteiger partial charge in [-0.1, -0.05) is 30.3 Å². The molecule has 4 rings (SSSR count). The Morgan fingerprint density at radius 1 is 0.897 bits per heavy atom. The SMILES string of the molecule is CCOC(=O)N1CCN(C(=O)c2ccc(C)nc2C2CCN(C(=O)[C@@H](OC(C)=O)c3ccccc3)CC2)CC1. The summed E-state index contributed by atoms with van der Waals surface area (Å²) >= 11 is 0. The molecule has 0 bridgehead atoms. The molecule has 2 aliphatic rings. The minimum atomic E-state index is -0.984. The van der Waals surface area contributed by atoms with Crippen LogP contribution in [0.5, 0.6) is 0 Å². The normalized spacial score (nSPS) is 16.9. The van der Waals surface area contributed by atoms with Gasteiger partial charge in [0, 0.05) is 63.4 Å². The van der Waals surface area contributed by atoms with Gasteiger partial charge in [0.15, 0.2) is 0 Å². The van der Waals surface area contributed by atoms with Crippen LogP contribution in [-0.4, -0.2) is 89.4 Å². The zero-order valence-electron chi connectivity index (χ0n) is 22.8. The van der Waals surface area contributed by atoms with Gasteiger partial charge in [0.25, 0.3) is 11.8 Å². The molecular weight excluding hydrogens is 500 g/mol. The topological polar surface area (TPSA) is 109 Å². The van der Waals surface area contributed by atoms with Crippen molar-refractivity contribution in [2.75, 3.05) is 45.9 Å². The number of aryl methyl sites for hydroxylation is 1. The van der Waals surface area contributed by atoms with Crippen LogP contribution in [0.4, 0.5) is 4.79 Å². The third kappa shape index (κ3) is 6.74. The molecule has 2 saturated heterocycles. The number of amides is 3. The van der Waals surface area contributed by atoms with E-state index in [4.69, 9.17) is 14.5 Å². The number of likely N-dealkylation sites (tertiary alicyclic amines) is 1. The van der Waals surface area contributed by atoms with Crippen molar-refractivity contribution in [3.63, 3.8) is 0 Å². The number of hydrogen-bond acceptors (Lipinski definition) is 7. The number of aromatic nitrogens is 1. The Kier molecular flexibility index (Phi) is 9.16. The summed E-state index contributed by atoms with van der Waals surface area (Å²) in [5.74, 6) is -0.846. The van der Waals surface area contributed by atoms with Crippen molar-refractivity contribution in [3.8, 4) is 0 Å². The number of ether oxygens (including phenoxy) is 2. The second-order valence-corrected chi connectivity index (χ2v) is 9.86. The van der Waals surface area contributed by atoms with Gasteiger partial charge < -0.3 is 24.2 Å². The Bertz CT molecular complexity index is 1190. The lowest BCUT2D eigenvalue weighted by atomic mass is 9.89. The molecule has 0 unspecified atom stereocenters. The second kappa shape index (κ2) is 12.7. The molecule has 0 aliphatic carbocycles. The molecule has 2 aromatic rings. The van der Waals surface area contributed by atoms with Crippen molar-refractivity contribution in [2.24, 2.45) is 0 Å². The fourth-order valence-corrected chi connectivity index (χ4v) is 5.14. The molecule has 2 aliphatic heterocycles. The van der Waals surface area contributed by atoms with Gasteiger partial charge in [0.1, 0.15) is 0 Å². The molecule has 10 heteroatoms. The van der Waals surface area contributed by atoms with Crippen LogP contribution in [0.25, 0.3) is 0 Å². The van der Waals surface area contributed by atoms with E-state index in [9.17, 15) is 19.2 Å². The lowest BCUT2D eigenvalue weighted by molar-refractivity contribution is -0.159. The molecule has 3 amide bonds. The van der Waals surface area contributed by atoms with Gasteiger partial charge in [0.2, 0.25) is 6.10 Å². The number of piperazine rings is 1. The maximum atomic E-state index is 13.5. The maximum absolute atomic E-state index is 13.5. The predicted octanol–water partition coefficient (Wildman–Crippen LogP) is 3.31. The molecular formula is C29H36N4O6. The third-order valence-corrected chi connectivity index (χ3v) is 7.19. The first-order valence-corrected chi connectivity index (χ1v) is 13.5. The van der Waals surface area contributed by atoms with Gasteiger partial charge >= 0.3 is 12.1 Å². The van der Waals surface area contributed by atoms with Crippen molar-refractivity contribution >= 4 is 23.9 Å². The summed E-state index contributed by atoms with van der Waals surface area (Å²) in [7, 11) is 0. The third-order valence-electron chi connectivity index (χ3n) is 7.19. The molecule has 0 spiro atoms. The number of esters is 1. The Morgan fingerprint density at radius 3 is 2.15 bits per heavy atom. The second-order valence-electron chi connectivity index (χ2n) is 9.86. The predicted molar refractivity (Wildman–Crippen MR) is 143 cm³/mol. The van der Waals surface area contributed by atoms with E-state index in [1.54, 1.807) is 33.8 Å². The summed E-state index contributed by atoms with van der Waals surface area (Å²) in [6, 6.07) is 12.7. The highest BCUT2D eigenvalue weighted by Gasteiger charge is 2.34. The average molecular weight is 537 g/mol. The fraction of sp³-hybridized carbons (Fsp3) is 0.483. The van der Waals surface area contributed by atoms with E-state index in [-0.39, 0.29) is 23.8 Å². The Labute approximate surface area is 228 Å². The van der Waals surface area contributed by atoms with E-state index in [1.807, 2.05) is 37.3 Å². The fourth-order valence-electron chi connectivity index (χ4n) is 5.14. The van der Waals surface area contributed by atoms with Crippen molar-refractivity contribution in [3.05, 3.63) is 65.0 Å². The Balaban J connectivity index is 1.43. The summed E-state index contributed by atoms with van der Waals surface area (Å²) in [6.07, 6.45) is -0.0592. The monoisotopic (exact) mass is 536 g/mol. The molecule has 10 nitrogen and oxygen atoms in total. The van der Waals surface area contributed by atoms with Crippen LogP contribution in [0.2, 0.25) is 0 Å². The smallest absolute Gasteiger partial charge is 0.409 e. The highest BCUT2D eigenvalue weighted by Crippen LogP contribution is 2.32. The van der Waals surface area contributed by atoms with Crippen LogP contribution in [0.3, 0.4) is 0 Å². The van der Waals surface area contributed by atoms with Gasteiger partial charge in [-0.3, -0.25) is 19.4 Å². The minimum absolute atomic E-state index is 0.0117. The summed E-state index contributed by atoms with van der Waals surface area (Å²) < 4.78 is 10.5. The first-order valence-electron chi connectivity index (χ1n) is 13.5. The van der Waals surface area contributed by atoms with E-state index in [2.05, 4.69) is 0 Å². The molecule has 208 valence electrons. The molecule has 3 heterocycles. The van der Waals surface area contributed by atoms with E-state index in [1.165, 1.54) is 6.92 Å². The van der Waals surface area contributed by atoms with Gasteiger partial charge in [-0.25, -0.2) is 4.79 Å². The molecule has 1 aromatic carbocycles. The first-order chi connectivity index (χ1) is 18.8. The summed E-state index contributed by atoms with van der Waals surface area (Å²) in [5, 5.41) is 0. The lowest BCUT2D eigenvalue weighted by Crippen LogP contribution is -2.51. The van der Waals surface area contributed by atoms with Gasteiger partial charge in [0.05, 0.1) is 17.9 Å². The minimum Gasteiger partial charge on any atom is -0.450 e. The van der Waals surface area contributed by atoms with Crippen LogP contribution in [0.1, 0.15) is 66.0 Å². The zero-order chi connectivity index (χ0) is 27.9. The molecule has 1 atom stereocenters. The van der Waals surface area contributed by atoms with E-state index in [0.29, 0.717) is 69.8 Å². The highest BCUT2D eigenvalue weighted by atomic mass is 16.6. The molecule has 0 N–H and O–H groups in total. The number of piperidine rings is 1. The largest absolute Gasteiger partial charge is 0.450 e. The van der Waals surface area contributed by atoms with Crippen LogP contribution in [0, 0.1) is 6.92 Å². The van der Waals surface area contributed by atoms with E-state index in [0.717, 1.165) is 11.4 Å². The average Bonchev–Trinajstić information content (AvgIpc) is 2.96. The zero-order valence-corrected chi connectivity index (χ0v) is 22.8. The summed E-state index contributed by atoms with van der Waals surface area (Å²) in [4.78, 5) is 60.5. The van der Waals surface area contributed by atoms with Crippen LogP contribution in [-0.2, 0) is 19.1 Å². The standard InChI is InChI=1S/C29H36N4O6/c1-4-38-29(37)33-18-16-32(17-19-33)27(35)24-11-10-20(2)30-25(24)22-12-14-31(15-13-22)28(36)26(39-21(3)34)23-8-6-5-7-9-23/h5-11,22,26H,4,12-19H2,1-3H3/t26-/m0/s1. The molecule has 1 aromatic heterocycles. The number of carbonyl (C=O) groups excluding carboxylic acids is 4. The van der Waals surface area contributed by atoms with Crippen molar-refractivity contribution < 1.29 is 28.7 Å². The molecule has 0 saturated carbocycles. The molecule has 0 radical (unpaired) electrons. The first kappa shape index (κ1) is 28.1. The number of nitrogens with zero attached hydrogens (tertiary/aromatic N) is 4. The Hall–Kier alpha value is -3.95. The van der Waals surface area contributed by atoms with Crippen molar-refractivity contribution in [2.45, 2.75) is 45.6 Å². The van der Waals surface area contributed by atoms with Crippen molar-refractivity contribution in [1.82, 2.24) is 19.7 Å². The maximum Gasteiger partial charge on any atom is 0.409 e. The van der Waals surface area contributed by atoms with Gasteiger partial charge in [-0.05, 0) is 38.8 Å². The van der Waals surface area contributed by atoms with E-state index >= 15 is 0 Å². The summed E-state index contributed by atoms with van der Waals surface area (Å²) in [6.45, 7) is 7.92. The quantitative estimate of drug-likeness (QED) is 0.521. The van der Waals surface area contributed by atoms with Gasteiger partial charge in [-0.15, -0.1) is 0 Å². The number of hydrogen-bond donors (Lipinski definition) is 0. The number of carbonyl (C=O) groups is 4. The van der Waals surface area contributed by atoms with Crippen molar-refractivity contribution in [1.29, 1.82) is 0 Å². The highest BCUT2D eigenvalue weighted by molar-refractivity contribution is 5.95. The number of pyridine rings is 1. The summed E-state index contributed by atoms with van der Waals surface area (Å²) in [5.41, 5.74) is 2.78. The van der Waals surface area contributed by atoms with Gasteiger partial charge in [-0.2, -0.15) is 0 Å². The van der Waals surface area contributed by atoms with E-state index < -0.39 is 12.1 Å². The number of rotatable bonds is 6. The number of benzene rings is 1. The molecule has 2 fully saturated rings. The van der Waals surface area contributed by atoms with Crippen LogP contribution < -0.4 is 0 Å². The molecule has 39 heavy (non-hydrogen) atoms. The lowest BCUT2D eigenvalue weighted by Gasteiger charge is -2.36.